The van der Waals surface area contributed by atoms with Gasteiger partial charge in [0.25, 0.3) is 0 Å². The highest BCUT2D eigenvalue weighted by Crippen LogP contribution is 2.44. The van der Waals surface area contributed by atoms with Gasteiger partial charge in [-0.05, 0) is 40.8 Å². The summed E-state index contributed by atoms with van der Waals surface area (Å²) in [7, 11) is 0. The van der Waals surface area contributed by atoms with E-state index in [1.54, 1.807) is 0 Å². The minimum absolute atomic E-state index is 0.0802. The first-order valence-electron chi connectivity index (χ1n) is 11.3. The summed E-state index contributed by atoms with van der Waals surface area (Å²) in [6.45, 7) is 1.91. The largest absolute Gasteiger partial charge is 0.478 e. The molecule has 0 saturated carbocycles. The van der Waals surface area contributed by atoms with Crippen LogP contribution in [0.5, 0.6) is 0 Å². The van der Waals surface area contributed by atoms with Crippen molar-refractivity contribution in [3.05, 3.63) is 89.2 Å². The quantitative estimate of drug-likeness (QED) is 0.416. The highest BCUT2D eigenvalue weighted by molar-refractivity contribution is 6.03. The number of carbonyl (C=O) groups is 3. The molecule has 0 spiro atoms. The molecule has 3 aromatic carbocycles. The number of amides is 2. The number of benzene rings is 3. The number of alkyl carbamates (subject to hydrolysis) is 1. The number of hydrogen-bond donors (Lipinski definition) is 3. The van der Waals surface area contributed by atoms with Crippen molar-refractivity contribution in [1.29, 1.82) is 0 Å². The molecule has 180 valence electrons. The van der Waals surface area contributed by atoms with E-state index in [-0.39, 0.29) is 24.5 Å². The van der Waals surface area contributed by atoms with Crippen LogP contribution in [0.4, 0.5) is 14.9 Å². The molecule has 0 aliphatic heterocycles. The van der Waals surface area contributed by atoms with E-state index in [2.05, 4.69) is 10.6 Å². The number of nitrogens with one attached hydrogen (secondary N) is 2. The summed E-state index contributed by atoms with van der Waals surface area (Å²) in [4.78, 5) is 36.8. The molecule has 0 fully saturated rings. The number of carbonyl (C=O) groups excluding carboxylic acids is 2. The van der Waals surface area contributed by atoms with Gasteiger partial charge in [0.15, 0.2) is 0 Å². The van der Waals surface area contributed by atoms with E-state index in [9.17, 15) is 23.9 Å². The fourth-order valence-electron chi connectivity index (χ4n) is 4.38. The molecule has 7 nitrogen and oxygen atoms in total. The van der Waals surface area contributed by atoms with E-state index in [0.717, 1.165) is 28.3 Å². The highest BCUT2D eigenvalue weighted by atomic mass is 19.1. The fraction of sp³-hybridized carbons (Fsp3) is 0.222. The van der Waals surface area contributed by atoms with E-state index in [1.807, 2.05) is 55.5 Å². The zero-order valence-corrected chi connectivity index (χ0v) is 19.1. The van der Waals surface area contributed by atoms with E-state index in [4.69, 9.17) is 4.74 Å². The van der Waals surface area contributed by atoms with Gasteiger partial charge in [-0.15, -0.1) is 0 Å². The molecule has 2 amide bonds. The normalized spacial score (nSPS) is 12.9. The molecule has 0 saturated heterocycles. The molecule has 0 aromatic heterocycles. The number of ether oxygens (including phenoxy) is 1. The Hall–Kier alpha value is -4.20. The predicted octanol–water partition coefficient (Wildman–Crippen LogP) is 5.17. The first-order valence-corrected chi connectivity index (χ1v) is 11.3. The Morgan fingerprint density at radius 1 is 0.971 bits per heavy atom. The molecule has 35 heavy (non-hydrogen) atoms. The van der Waals surface area contributed by atoms with Crippen molar-refractivity contribution in [3.63, 3.8) is 0 Å². The van der Waals surface area contributed by atoms with Gasteiger partial charge in [-0.3, -0.25) is 4.79 Å². The second-order valence-electron chi connectivity index (χ2n) is 8.27. The Labute approximate surface area is 201 Å². The SMILES string of the molecule is CCC[C@H](NC(=O)OCC1c2ccccc2-c2ccccc21)C(=O)Nc1c(F)cccc1C(=O)O. The third kappa shape index (κ3) is 5.01. The smallest absolute Gasteiger partial charge is 0.407 e. The molecule has 0 heterocycles. The van der Waals surface area contributed by atoms with Crippen LogP contribution in [0, 0.1) is 5.82 Å². The van der Waals surface area contributed by atoms with Gasteiger partial charge in [0, 0.05) is 5.92 Å². The molecule has 1 aliphatic carbocycles. The van der Waals surface area contributed by atoms with Crippen molar-refractivity contribution in [2.45, 2.75) is 31.7 Å². The molecular weight excluding hydrogens is 451 g/mol. The van der Waals surface area contributed by atoms with Gasteiger partial charge in [-0.25, -0.2) is 14.0 Å². The average Bonchev–Trinajstić information content (AvgIpc) is 3.17. The number of anilines is 1. The molecule has 1 aliphatic rings. The molecule has 1 atom stereocenters. The van der Waals surface area contributed by atoms with Crippen LogP contribution in [0.1, 0.15) is 47.2 Å². The Bertz CT molecular complexity index is 1230. The monoisotopic (exact) mass is 476 g/mol. The van der Waals surface area contributed by atoms with Crippen LogP contribution >= 0.6 is 0 Å². The molecule has 0 unspecified atom stereocenters. The van der Waals surface area contributed by atoms with Gasteiger partial charge in [0.1, 0.15) is 18.5 Å². The second-order valence-corrected chi connectivity index (χ2v) is 8.27. The third-order valence-electron chi connectivity index (χ3n) is 6.02. The van der Waals surface area contributed by atoms with E-state index in [0.29, 0.717) is 6.42 Å². The summed E-state index contributed by atoms with van der Waals surface area (Å²) < 4.78 is 19.7. The van der Waals surface area contributed by atoms with E-state index >= 15 is 0 Å². The Morgan fingerprint density at radius 2 is 1.60 bits per heavy atom. The molecular formula is C27H25FN2O5. The predicted molar refractivity (Wildman–Crippen MR) is 129 cm³/mol. The minimum Gasteiger partial charge on any atom is -0.478 e. The van der Waals surface area contributed by atoms with Crippen molar-refractivity contribution >= 4 is 23.7 Å². The number of carboxylic acids is 1. The topological polar surface area (TPSA) is 105 Å². The van der Waals surface area contributed by atoms with Crippen LogP contribution in [-0.2, 0) is 9.53 Å². The van der Waals surface area contributed by atoms with Crippen LogP contribution in [0.25, 0.3) is 11.1 Å². The molecule has 0 radical (unpaired) electrons. The van der Waals surface area contributed by atoms with Gasteiger partial charge in [-0.2, -0.15) is 0 Å². The molecule has 8 heteroatoms. The summed E-state index contributed by atoms with van der Waals surface area (Å²) in [5.74, 6) is -3.12. The van der Waals surface area contributed by atoms with E-state index in [1.165, 1.54) is 12.1 Å². The fourth-order valence-corrected chi connectivity index (χ4v) is 4.38. The number of fused-ring (bicyclic) bond motifs is 3. The number of halogens is 1. The van der Waals surface area contributed by atoms with Crippen molar-refractivity contribution in [2.24, 2.45) is 0 Å². The van der Waals surface area contributed by atoms with Crippen LogP contribution in [0.15, 0.2) is 66.7 Å². The number of rotatable bonds is 8. The second kappa shape index (κ2) is 10.4. The van der Waals surface area contributed by atoms with Crippen molar-refractivity contribution in [1.82, 2.24) is 5.32 Å². The minimum atomic E-state index is -1.38. The van der Waals surface area contributed by atoms with Crippen LogP contribution in [-0.4, -0.2) is 35.7 Å². The van der Waals surface area contributed by atoms with Gasteiger partial charge in [0.05, 0.1) is 11.3 Å². The van der Waals surface area contributed by atoms with Crippen molar-refractivity contribution in [2.75, 3.05) is 11.9 Å². The first-order chi connectivity index (χ1) is 16.9. The Kier molecular flexibility index (Phi) is 7.10. The standard InChI is InChI=1S/C27H25FN2O5/c1-2-8-23(25(31)30-24-20(26(32)33)13-7-14-22(24)28)29-27(34)35-15-21-18-11-5-3-9-16(18)17-10-4-6-12-19(17)21/h3-7,9-14,21,23H,2,8,15H2,1H3,(H,29,34)(H,30,31)(H,32,33)/t23-/m0/s1. The zero-order chi connectivity index (χ0) is 24.9. The van der Waals surface area contributed by atoms with Gasteiger partial charge in [-0.1, -0.05) is 67.9 Å². The van der Waals surface area contributed by atoms with Crippen molar-refractivity contribution < 1.29 is 28.6 Å². The molecule has 0 bridgehead atoms. The lowest BCUT2D eigenvalue weighted by Crippen LogP contribution is -2.44. The van der Waals surface area contributed by atoms with E-state index < -0.39 is 35.5 Å². The summed E-state index contributed by atoms with van der Waals surface area (Å²) >= 11 is 0. The van der Waals surface area contributed by atoms with Crippen molar-refractivity contribution in [3.8, 4) is 11.1 Å². The lowest BCUT2D eigenvalue weighted by molar-refractivity contribution is -0.118. The number of hydrogen-bond acceptors (Lipinski definition) is 4. The maximum Gasteiger partial charge on any atom is 0.407 e. The Balaban J connectivity index is 1.44. The summed E-state index contributed by atoms with van der Waals surface area (Å²) in [5, 5.41) is 14.1. The summed E-state index contributed by atoms with van der Waals surface area (Å²) in [6, 6.07) is 18.3. The maximum atomic E-state index is 14.2. The first kappa shape index (κ1) is 23.9. The lowest BCUT2D eigenvalue weighted by Gasteiger charge is -2.20. The van der Waals surface area contributed by atoms with Gasteiger partial charge < -0.3 is 20.5 Å². The van der Waals surface area contributed by atoms with Crippen LogP contribution < -0.4 is 10.6 Å². The summed E-state index contributed by atoms with van der Waals surface area (Å²) in [5.41, 5.74) is 3.49. The highest BCUT2D eigenvalue weighted by Gasteiger charge is 2.30. The maximum absolute atomic E-state index is 14.2. The number of carboxylic acid groups (broad SMARTS) is 1. The molecule has 3 aromatic rings. The van der Waals surface area contributed by atoms with Crippen LogP contribution in [0.2, 0.25) is 0 Å². The number of para-hydroxylation sites is 1. The van der Waals surface area contributed by atoms with Gasteiger partial charge >= 0.3 is 12.1 Å². The van der Waals surface area contributed by atoms with Gasteiger partial charge in [0.2, 0.25) is 5.91 Å². The third-order valence-corrected chi connectivity index (χ3v) is 6.02. The Morgan fingerprint density at radius 3 is 2.20 bits per heavy atom. The average molecular weight is 477 g/mol. The molecule has 3 N–H and O–H groups in total. The summed E-state index contributed by atoms with van der Waals surface area (Å²) in [6.07, 6.45) is 0.0185. The lowest BCUT2D eigenvalue weighted by atomic mass is 9.98. The molecule has 4 rings (SSSR count). The van der Waals surface area contributed by atoms with Crippen LogP contribution in [0.3, 0.4) is 0 Å². The zero-order valence-electron chi connectivity index (χ0n) is 19.1. The number of aromatic carboxylic acids is 1.